The highest BCUT2D eigenvalue weighted by Gasteiger charge is 2.38. The minimum absolute atomic E-state index is 0.0883. The van der Waals surface area contributed by atoms with Crippen molar-refractivity contribution < 1.29 is 18.6 Å². The lowest BCUT2D eigenvalue weighted by Crippen LogP contribution is -2.33. The molecule has 12 heavy (non-hydrogen) atoms. The summed E-state index contributed by atoms with van der Waals surface area (Å²) in [5.74, 6) is -3.05. The number of halogens is 2. The van der Waals surface area contributed by atoms with Gasteiger partial charge >= 0.3 is 0 Å². The van der Waals surface area contributed by atoms with Gasteiger partial charge in [0.25, 0.3) is 5.92 Å². The molecule has 0 aliphatic carbocycles. The molecule has 0 aromatic carbocycles. The molecule has 0 radical (unpaired) electrons. The standard InChI is InChI=1S/C8H14F2O2/c1-6(11)8(9,10)4-7-2-3-12-5-7/h6-7,11H,2-5H2,1H3. The zero-order chi connectivity index (χ0) is 9.19. The Morgan fingerprint density at radius 3 is 2.75 bits per heavy atom. The van der Waals surface area contributed by atoms with Crippen molar-refractivity contribution in [1.29, 1.82) is 0 Å². The van der Waals surface area contributed by atoms with E-state index in [2.05, 4.69) is 0 Å². The number of hydrogen-bond donors (Lipinski definition) is 1. The van der Waals surface area contributed by atoms with E-state index in [0.717, 1.165) is 6.92 Å². The van der Waals surface area contributed by atoms with E-state index in [9.17, 15) is 8.78 Å². The van der Waals surface area contributed by atoms with Crippen LogP contribution < -0.4 is 0 Å². The molecular formula is C8H14F2O2. The van der Waals surface area contributed by atoms with Crippen LogP contribution in [-0.2, 0) is 4.74 Å². The van der Waals surface area contributed by atoms with Gasteiger partial charge in [0.2, 0.25) is 0 Å². The van der Waals surface area contributed by atoms with Crippen LogP contribution in [0.5, 0.6) is 0 Å². The van der Waals surface area contributed by atoms with E-state index in [0.29, 0.717) is 19.6 Å². The molecule has 0 aromatic heterocycles. The molecule has 1 saturated heterocycles. The van der Waals surface area contributed by atoms with Gasteiger partial charge in [-0.2, -0.15) is 0 Å². The minimum atomic E-state index is -2.96. The van der Waals surface area contributed by atoms with Crippen molar-refractivity contribution in [1.82, 2.24) is 0 Å². The van der Waals surface area contributed by atoms with Crippen molar-refractivity contribution in [3.63, 3.8) is 0 Å². The molecule has 1 heterocycles. The van der Waals surface area contributed by atoms with Crippen LogP contribution in [0.3, 0.4) is 0 Å². The van der Waals surface area contributed by atoms with Crippen LogP contribution in [0.15, 0.2) is 0 Å². The van der Waals surface area contributed by atoms with E-state index in [1.54, 1.807) is 0 Å². The maximum Gasteiger partial charge on any atom is 0.273 e. The van der Waals surface area contributed by atoms with Crippen LogP contribution >= 0.6 is 0 Å². The quantitative estimate of drug-likeness (QED) is 0.712. The summed E-state index contributed by atoms with van der Waals surface area (Å²) in [6.07, 6.45) is -1.13. The van der Waals surface area contributed by atoms with Crippen LogP contribution in [0.25, 0.3) is 0 Å². The highest BCUT2D eigenvalue weighted by Crippen LogP contribution is 2.30. The Morgan fingerprint density at radius 1 is 1.67 bits per heavy atom. The van der Waals surface area contributed by atoms with E-state index >= 15 is 0 Å². The molecule has 4 heteroatoms. The third-order valence-corrected chi connectivity index (χ3v) is 2.20. The van der Waals surface area contributed by atoms with Gasteiger partial charge < -0.3 is 9.84 Å². The number of alkyl halides is 2. The van der Waals surface area contributed by atoms with E-state index < -0.39 is 12.0 Å². The fraction of sp³-hybridized carbons (Fsp3) is 1.00. The Hall–Kier alpha value is -0.220. The van der Waals surface area contributed by atoms with Gasteiger partial charge in [0.05, 0.1) is 0 Å². The number of aliphatic hydroxyl groups excluding tert-OH is 1. The summed E-state index contributed by atoms with van der Waals surface area (Å²) in [6, 6.07) is 0. The van der Waals surface area contributed by atoms with Crippen LogP contribution in [0.2, 0.25) is 0 Å². The average Bonchev–Trinajstić information content (AvgIpc) is 2.38. The van der Waals surface area contributed by atoms with Crippen LogP contribution in [-0.4, -0.2) is 30.3 Å². The molecule has 1 aliphatic heterocycles. The predicted molar refractivity (Wildman–Crippen MR) is 40.2 cm³/mol. The van der Waals surface area contributed by atoms with Gasteiger partial charge in [0.1, 0.15) is 6.10 Å². The zero-order valence-corrected chi connectivity index (χ0v) is 7.09. The first-order valence-electron chi connectivity index (χ1n) is 4.16. The summed E-state index contributed by atoms with van der Waals surface area (Å²) in [6.45, 7) is 2.10. The average molecular weight is 180 g/mol. The van der Waals surface area contributed by atoms with Gasteiger partial charge in [0.15, 0.2) is 0 Å². The van der Waals surface area contributed by atoms with Crippen molar-refractivity contribution in [2.24, 2.45) is 5.92 Å². The van der Waals surface area contributed by atoms with Gasteiger partial charge in [-0.3, -0.25) is 0 Å². The Kier molecular flexibility index (Phi) is 3.01. The Labute approximate surface area is 70.5 Å². The van der Waals surface area contributed by atoms with Gasteiger partial charge in [-0.25, -0.2) is 8.78 Å². The number of rotatable bonds is 3. The van der Waals surface area contributed by atoms with E-state index in [4.69, 9.17) is 9.84 Å². The maximum absolute atomic E-state index is 12.9. The lowest BCUT2D eigenvalue weighted by Gasteiger charge is -2.21. The molecule has 1 N–H and O–H groups in total. The third-order valence-electron chi connectivity index (χ3n) is 2.20. The second kappa shape index (κ2) is 3.66. The fourth-order valence-electron chi connectivity index (χ4n) is 1.30. The predicted octanol–water partition coefficient (Wildman–Crippen LogP) is 1.43. The van der Waals surface area contributed by atoms with Crippen molar-refractivity contribution in [3.8, 4) is 0 Å². The van der Waals surface area contributed by atoms with E-state index in [1.807, 2.05) is 0 Å². The van der Waals surface area contributed by atoms with Gasteiger partial charge in [0, 0.05) is 19.6 Å². The van der Waals surface area contributed by atoms with E-state index in [1.165, 1.54) is 0 Å². The first-order valence-corrected chi connectivity index (χ1v) is 4.16. The van der Waals surface area contributed by atoms with Gasteiger partial charge in [-0.15, -0.1) is 0 Å². The molecule has 0 bridgehead atoms. The summed E-state index contributed by atoms with van der Waals surface area (Å²) < 4.78 is 30.8. The lowest BCUT2D eigenvalue weighted by atomic mass is 9.98. The molecule has 72 valence electrons. The number of ether oxygens (including phenoxy) is 1. The van der Waals surface area contributed by atoms with Crippen molar-refractivity contribution in [2.45, 2.75) is 31.8 Å². The van der Waals surface area contributed by atoms with Crippen LogP contribution in [0, 0.1) is 5.92 Å². The molecule has 0 saturated carbocycles. The molecule has 2 nitrogen and oxygen atoms in total. The first kappa shape index (κ1) is 9.86. The Bertz CT molecular complexity index is 142. The largest absolute Gasteiger partial charge is 0.387 e. The first-order chi connectivity index (χ1) is 5.52. The summed E-state index contributed by atoms with van der Waals surface area (Å²) in [4.78, 5) is 0. The second-order valence-electron chi connectivity index (χ2n) is 3.37. The van der Waals surface area contributed by atoms with Gasteiger partial charge in [-0.05, 0) is 19.3 Å². The fourth-order valence-corrected chi connectivity index (χ4v) is 1.30. The Morgan fingerprint density at radius 2 is 2.33 bits per heavy atom. The van der Waals surface area contributed by atoms with Crippen LogP contribution in [0.1, 0.15) is 19.8 Å². The topological polar surface area (TPSA) is 29.5 Å². The lowest BCUT2D eigenvalue weighted by molar-refractivity contribution is -0.114. The molecule has 1 rings (SSSR count). The monoisotopic (exact) mass is 180 g/mol. The summed E-state index contributed by atoms with van der Waals surface area (Å²) in [5, 5.41) is 8.75. The third kappa shape index (κ3) is 2.38. The summed E-state index contributed by atoms with van der Waals surface area (Å²) in [7, 11) is 0. The van der Waals surface area contributed by atoms with Crippen molar-refractivity contribution in [3.05, 3.63) is 0 Å². The molecule has 0 amide bonds. The smallest absolute Gasteiger partial charge is 0.273 e. The summed E-state index contributed by atoms with van der Waals surface area (Å²) in [5.41, 5.74) is 0. The van der Waals surface area contributed by atoms with Gasteiger partial charge in [-0.1, -0.05) is 0 Å². The molecule has 1 fully saturated rings. The maximum atomic E-state index is 12.9. The van der Waals surface area contributed by atoms with Crippen LogP contribution in [0.4, 0.5) is 8.78 Å². The minimum Gasteiger partial charge on any atom is -0.387 e. The SMILES string of the molecule is CC(O)C(F)(F)CC1CCOC1. The molecular weight excluding hydrogens is 166 g/mol. The Balaban J connectivity index is 2.37. The number of aliphatic hydroxyl groups is 1. The molecule has 0 aromatic rings. The molecule has 2 atom stereocenters. The molecule has 1 aliphatic rings. The number of hydrogen-bond acceptors (Lipinski definition) is 2. The highest BCUT2D eigenvalue weighted by atomic mass is 19.3. The normalized spacial score (nSPS) is 27.5. The zero-order valence-electron chi connectivity index (χ0n) is 7.09. The second-order valence-corrected chi connectivity index (χ2v) is 3.37. The van der Waals surface area contributed by atoms with E-state index in [-0.39, 0.29) is 12.3 Å². The summed E-state index contributed by atoms with van der Waals surface area (Å²) >= 11 is 0. The van der Waals surface area contributed by atoms with Crippen molar-refractivity contribution >= 4 is 0 Å². The van der Waals surface area contributed by atoms with Crippen molar-refractivity contribution in [2.75, 3.05) is 13.2 Å². The molecule has 2 unspecified atom stereocenters. The highest BCUT2D eigenvalue weighted by molar-refractivity contribution is 4.78. The molecule has 0 spiro atoms.